The third kappa shape index (κ3) is 3.73. The van der Waals surface area contributed by atoms with Gasteiger partial charge in [0, 0.05) is 21.6 Å². The van der Waals surface area contributed by atoms with Gasteiger partial charge in [-0.05, 0) is 62.8 Å². The number of carbonyl (C=O) groups is 2. The number of aliphatic hydroxyl groups is 1. The monoisotopic (exact) mass is 478 g/mol. The first-order valence-corrected chi connectivity index (χ1v) is 12.9. The van der Waals surface area contributed by atoms with E-state index in [-0.39, 0.29) is 24.0 Å². The second kappa shape index (κ2) is 8.39. The van der Waals surface area contributed by atoms with Crippen LogP contribution in [0.1, 0.15) is 53.6 Å². The summed E-state index contributed by atoms with van der Waals surface area (Å²) in [5, 5.41) is 11.5. The highest BCUT2D eigenvalue weighted by molar-refractivity contribution is 7.23. The van der Waals surface area contributed by atoms with Crippen LogP contribution in [0.2, 0.25) is 0 Å². The fraction of sp³-hybridized carbons (Fsp3) is 0.407. The highest BCUT2D eigenvalue weighted by Crippen LogP contribution is 2.54. The van der Waals surface area contributed by atoms with Crippen LogP contribution in [0.4, 0.5) is 0 Å². The van der Waals surface area contributed by atoms with Gasteiger partial charge in [0.2, 0.25) is 0 Å². The first-order valence-electron chi connectivity index (χ1n) is 11.3. The molecule has 0 amide bonds. The standard InChI is InChI=1S/C27H26O4S2/c1-4-5-17-8-11-22(32-17)23-13-12-21(33-23)20(28)14-27(30)19-10-7-15(2)18-9-6-16(3)24(18)25(19)31-26(27)29/h8,11-13,18-19,24-25,30H,2-3,6-7,9-10,14H2,1H3/t18-,19?,24+,25+,27+/m1/s1. The van der Waals surface area contributed by atoms with Crippen LogP contribution in [0.3, 0.4) is 0 Å². The number of rotatable bonds is 4. The Hall–Kier alpha value is -2.46. The molecule has 0 radical (unpaired) electrons. The summed E-state index contributed by atoms with van der Waals surface area (Å²) >= 11 is 2.96. The van der Waals surface area contributed by atoms with E-state index in [1.807, 2.05) is 18.2 Å². The van der Waals surface area contributed by atoms with Crippen molar-refractivity contribution in [3.63, 3.8) is 0 Å². The fourth-order valence-corrected chi connectivity index (χ4v) is 7.64. The van der Waals surface area contributed by atoms with Gasteiger partial charge in [0.1, 0.15) is 6.10 Å². The molecule has 1 aliphatic heterocycles. The zero-order valence-corrected chi connectivity index (χ0v) is 20.2. The molecule has 1 unspecified atom stereocenters. The SMILES string of the molecule is C=C1CC[C@@H]2C(=C)CCC3[C@H](OC(=O)[C@]3(O)CC(=O)c3ccc(-c4ccc(C#CC)s4)s3)[C@@H]12. The minimum absolute atomic E-state index is 0.00865. The van der Waals surface area contributed by atoms with E-state index < -0.39 is 23.6 Å². The van der Waals surface area contributed by atoms with Crippen LogP contribution in [0.5, 0.6) is 0 Å². The smallest absolute Gasteiger partial charge is 0.339 e. The number of esters is 1. The predicted octanol–water partition coefficient (Wildman–Crippen LogP) is 5.63. The van der Waals surface area contributed by atoms with Crippen molar-refractivity contribution in [2.24, 2.45) is 17.8 Å². The summed E-state index contributed by atoms with van der Waals surface area (Å²) in [6.45, 7) is 10.3. The quantitative estimate of drug-likeness (QED) is 0.268. The van der Waals surface area contributed by atoms with Gasteiger partial charge in [0.05, 0.1) is 16.2 Å². The molecule has 2 aliphatic carbocycles. The lowest BCUT2D eigenvalue weighted by atomic mass is 9.75. The zero-order chi connectivity index (χ0) is 23.3. The third-order valence-electron chi connectivity index (χ3n) is 7.35. The summed E-state index contributed by atoms with van der Waals surface area (Å²) < 4.78 is 5.78. The normalized spacial score (nSPS) is 30.8. The van der Waals surface area contributed by atoms with Gasteiger partial charge in [-0.3, -0.25) is 4.79 Å². The van der Waals surface area contributed by atoms with E-state index in [4.69, 9.17) is 4.74 Å². The lowest BCUT2D eigenvalue weighted by molar-refractivity contribution is -0.156. The van der Waals surface area contributed by atoms with Crippen LogP contribution >= 0.6 is 22.7 Å². The Balaban J connectivity index is 1.38. The molecule has 0 aromatic carbocycles. The summed E-state index contributed by atoms with van der Waals surface area (Å²) in [4.78, 5) is 29.7. The van der Waals surface area contributed by atoms with Crippen LogP contribution in [-0.2, 0) is 9.53 Å². The maximum absolute atomic E-state index is 13.2. The van der Waals surface area contributed by atoms with Crippen molar-refractivity contribution in [1.29, 1.82) is 0 Å². The van der Waals surface area contributed by atoms with Crippen molar-refractivity contribution in [3.05, 3.63) is 58.3 Å². The van der Waals surface area contributed by atoms with E-state index in [1.165, 1.54) is 11.3 Å². The van der Waals surface area contributed by atoms with Gasteiger partial charge in [-0.15, -0.1) is 28.6 Å². The number of thiophene rings is 2. The lowest BCUT2D eigenvalue weighted by Crippen LogP contribution is -2.44. The molecule has 5 atom stereocenters. The van der Waals surface area contributed by atoms with Crippen LogP contribution in [0.15, 0.2) is 48.6 Å². The lowest BCUT2D eigenvalue weighted by Gasteiger charge is -2.29. The summed E-state index contributed by atoms with van der Waals surface area (Å²) in [6, 6.07) is 7.66. The molecule has 2 saturated carbocycles. The van der Waals surface area contributed by atoms with Gasteiger partial charge in [0.25, 0.3) is 0 Å². The van der Waals surface area contributed by atoms with Crippen molar-refractivity contribution in [3.8, 4) is 21.6 Å². The average molecular weight is 479 g/mol. The first kappa shape index (κ1) is 22.3. The second-order valence-electron chi connectivity index (χ2n) is 9.23. The molecule has 0 bridgehead atoms. The van der Waals surface area contributed by atoms with Crippen LogP contribution in [0.25, 0.3) is 9.75 Å². The minimum atomic E-state index is -1.81. The van der Waals surface area contributed by atoms with Crippen LogP contribution in [-0.4, -0.2) is 28.6 Å². The molecule has 1 N–H and O–H groups in total. The van der Waals surface area contributed by atoms with Gasteiger partial charge in [-0.25, -0.2) is 4.79 Å². The molecule has 3 aliphatic rings. The molecule has 0 spiro atoms. The number of fused-ring (bicyclic) bond motifs is 3. The van der Waals surface area contributed by atoms with Gasteiger partial charge >= 0.3 is 5.97 Å². The minimum Gasteiger partial charge on any atom is -0.459 e. The predicted molar refractivity (Wildman–Crippen MR) is 131 cm³/mol. The van der Waals surface area contributed by atoms with E-state index in [0.717, 1.165) is 45.0 Å². The Morgan fingerprint density at radius 1 is 1.15 bits per heavy atom. The van der Waals surface area contributed by atoms with Crippen molar-refractivity contribution in [2.45, 2.75) is 50.7 Å². The van der Waals surface area contributed by atoms with Crippen molar-refractivity contribution >= 4 is 34.4 Å². The Morgan fingerprint density at radius 2 is 1.88 bits per heavy atom. The number of hydrogen-bond donors (Lipinski definition) is 1. The highest BCUT2D eigenvalue weighted by Gasteiger charge is 2.61. The third-order valence-corrected chi connectivity index (χ3v) is 9.67. The maximum atomic E-state index is 13.2. The number of ketones is 1. The molecule has 2 aromatic heterocycles. The molecule has 3 heterocycles. The molecule has 1 saturated heterocycles. The molecular weight excluding hydrogens is 452 g/mol. The fourth-order valence-electron chi connectivity index (χ4n) is 5.69. The number of hydrogen-bond acceptors (Lipinski definition) is 6. The van der Waals surface area contributed by atoms with Gasteiger partial charge < -0.3 is 9.84 Å². The average Bonchev–Trinajstić information content (AvgIpc) is 3.53. The summed E-state index contributed by atoms with van der Waals surface area (Å²) in [5.41, 5.74) is 0.396. The van der Waals surface area contributed by atoms with E-state index in [9.17, 15) is 14.7 Å². The summed E-state index contributed by atoms with van der Waals surface area (Å²) in [6.07, 6.45) is 2.47. The van der Waals surface area contributed by atoms with Crippen LogP contribution in [0, 0.1) is 29.6 Å². The molecule has 6 heteroatoms. The highest BCUT2D eigenvalue weighted by atomic mass is 32.1. The Morgan fingerprint density at radius 3 is 2.67 bits per heavy atom. The molecule has 33 heavy (non-hydrogen) atoms. The number of Topliss-reactive ketones (excluding diaryl/α,β-unsaturated/α-hetero) is 1. The van der Waals surface area contributed by atoms with E-state index in [0.29, 0.717) is 11.3 Å². The topological polar surface area (TPSA) is 63.6 Å². The van der Waals surface area contributed by atoms with Crippen molar-refractivity contribution in [1.82, 2.24) is 0 Å². The molecule has 3 fully saturated rings. The number of allylic oxidation sites excluding steroid dienone is 1. The van der Waals surface area contributed by atoms with E-state index in [1.54, 1.807) is 24.3 Å². The van der Waals surface area contributed by atoms with Gasteiger partial charge in [-0.2, -0.15) is 0 Å². The molecule has 5 rings (SSSR count). The van der Waals surface area contributed by atoms with Crippen LogP contribution < -0.4 is 0 Å². The molecule has 170 valence electrons. The van der Waals surface area contributed by atoms with E-state index >= 15 is 0 Å². The van der Waals surface area contributed by atoms with Crippen molar-refractivity contribution < 1.29 is 19.4 Å². The zero-order valence-electron chi connectivity index (χ0n) is 18.6. The Kier molecular flexibility index (Phi) is 5.68. The van der Waals surface area contributed by atoms with Crippen molar-refractivity contribution in [2.75, 3.05) is 0 Å². The van der Waals surface area contributed by atoms with Gasteiger partial charge in [-0.1, -0.05) is 30.2 Å². The summed E-state index contributed by atoms with van der Waals surface area (Å²) in [5.74, 6) is 4.84. The Bertz CT molecular complexity index is 1220. The number of ether oxygens (including phenoxy) is 1. The Labute approximate surface area is 202 Å². The molecule has 4 nitrogen and oxygen atoms in total. The summed E-state index contributed by atoms with van der Waals surface area (Å²) in [7, 11) is 0. The molecular formula is C27H26O4S2. The largest absolute Gasteiger partial charge is 0.459 e. The molecule has 2 aromatic rings. The van der Waals surface area contributed by atoms with Gasteiger partial charge in [0.15, 0.2) is 11.4 Å². The number of carbonyl (C=O) groups excluding carboxylic acids is 2. The van der Waals surface area contributed by atoms with E-state index in [2.05, 4.69) is 25.0 Å². The maximum Gasteiger partial charge on any atom is 0.339 e. The first-order chi connectivity index (χ1) is 15.8. The second-order valence-corrected chi connectivity index (χ2v) is 11.4.